The molecule has 2 aromatic rings. The summed E-state index contributed by atoms with van der Waals surface area (Å²) in [6.45, 7) is 5.19. The van der Waals surface area contributed by atoms with Crippen LogP contribution < -0.4 is 10.2 Å². The van der Waals surface area contributed by atoms with Gasteiger partial charge in [0.1, 0.15) is 5.82 Å². The first-order valence-corrected chi connectivity index (χ1v) is 7.90. The fourth-order valence-corrected chi connectivity index (χ4v) is 3.09. The van der Waals surface area contributed by atoms with Crippen molar-refractivity contribution in [3.63, 3.8) is 0 Å². The van der Waals surface area contributed by atoms with Crippen molar-refractivity contribution < 1.29 is 4.74 Å². The molecular formula is C17H22Cl2N4O. The van der Waals surface area contributed by atoms with Gasteiger partial charge in [0.15, 0.2) is 5.82 Å². The molecule has 1 saturated heterocycles. The minimum atomic E-state index is 0. The summed E-state index contributed by atoms with van der Waals surface area (Å²) in [6, 6.07) is 10.2. The average molecular weight is 369 g/mol. The van der Waals surface area contributed by atoms with Crippen LogP contribution in [0.15, 0.2) is 30.3 Å². The number of anilines is 1. The Balaban J connectivity index is 0.00000104. The van der Waals surface area contributed by atoms with Crippen LogP contribution >= 0.6 is 24.8 Å². The first kappa shape index (κ1) is 18.9. The van der Waals surface area contributed by atoms with Crippen molar-refractivity contribution in [2.24, 2.45) is 0 Å². The highest BCUT2D eigenvalue weighted by molar-refractivity contribution is 5.85. The molecule has 1 fully saturated rings. The third-order valence-electron chi connectivity index (χ3n) is 4.26. The van der Waals surface area contributed by atoms with E-state index in [0.29, 0.717) is 0 Å². The number of aromatic nitrogens is 2. The largest absolute Gasteiger partial charge is 0.378 e. The zero-order valence-corrected chi connectivity index (χ0v) is 15.0. The molecule has 1 N–H and O–H groups in total. The molecule has 24 heavy (non-hydrogen) atoms. The summed E-state index contributed by atoms with van der Waals surface area (Å²) in [4.78, 5) is 12.1. The van der Waals surface area contributed by atoms with E-state index >= 15 is 0 Å². The van der Waals surface area contributed by atoms with Crippen molar-refractivity contribution >= 4 is 30.6 Å². The van der Waals surface area contributed by atoms with E-state index in [-0.39, 0.29) is 24.8 Å². The van der Waals surface area contributed by atoms with E-state index < -0.39 is 0 Å². The Kier molecular flexibility index (Phi) is 6.80. The van der Waals surface area contributed by atoms with E-state index in [4.69, 9.17) is 14.7 Å². The molecule has 0 spiro atoms. The highest BCUT2D eigenvalue weighted by Gasteiger charge is 2.23. The van der Waals surface area contributed by atoms with Crippen LogP contribution in [0.5, 0.6) is 0 Å². The number of benzene rings is 1. The fraction of sp³-hybridized carbons (Fsp3) is 0.412. The lowest BCUT2D eigenvalue weighted by Crippen LogP contribution is -2.39. The molecule has 1 aromatic heterocycles. The van der Waals surface area contributed by atoms with Crippen LogP contribution in [0.1, 0.15) is 11.3 Å². The summed E-state index contributed by atoms with van der Waals surface area (Å²) in [5.74, 6) is 1.93. The van der Waals surface area contributed by atoms with Gasteiger partial charge in [0.05, 0.1) is 18.9 Å². The van der Waals surface area contributed by atoms with Crippen molar-refractivity contribution in [2.75, 3.05) is 37.7 Å². The molecule has 3 heterocycles. The molecule has 2 aliphatic heterocycles. The van der Waals surface area contributed by atoms with E-state index in [1.54, 1.807) is 0 Å². The maximum Gasteiger partial charge on any atom is 0.161 e. The first-order valence-electron chi connectivity index (χ1n) is 7.90. The minimum Gasteiger partial charge on any atom is -0.378 e. The molecule has 130 valence electrons. The number of hydrogen-bond acceptors (Lipinski definition) is 5. The number of nitrogens with one attached hydrogen (secondary N) is 1. The molecule has 0 aliphatic carbocycles. The Bertz CT molecular complexity index is 663. The maximum atomic E-state index is 5.48. The van der Waals surface area contributed by atoms with Gasteiger partial charge < -0.3 is 15.0 Å². The van der Waals surface area contributed by atoms with Gasteiger partial charge in [-0.05, 0) is 13.0 Å². The number of morpholine rings is 1. The van der Waals surface area contributed by atoms with Crippen LogP contribution in [0.25, 0.3) is 11.4 Å². The topological polar surface area (TPSA) is 50.3 Å². The second-order valence-electron chi connectivity index (χ2n) is 5.69. The lowest BCUT2D eigenvalue weighted by Gasteiger charge is -2.31. The van der Waals surface area contributed by atoms with Crippen molar-refractivity contribution in [1.82, 2.24) is 15.3 Å². The molecule has 4 rings (SSSR count). The van der Waals surface area contributed by atoms with Crippen LogP contribution in [-0.2, 0) is 17.7 Å². The van der Waals surface area contributed by atoms with Crippen molar-refractivity contribution in [3.8, 4) is 11.4 Å². The standard InChI is InChI=1S/C17H20N4O.2ClH/c1-2-4-13(5-3-1)16-19-15-12-18-7-6-14(15)17(20-16)21-8-10-22-11-9-21;;/h1-5,18H,6-12H2;2*1H. The normalized spacial score (nSPS) is 16.6. The van der Waals surface area contributed by atoms with Crippen LogP contribution in [0.2, 0.25) is 0 Å². The highest BCUT2D eigenvalue weighted by atomic mass is 35.5. The number of hydrogen-bond donors (Lipinski definition) is 1. The van der Waals surface area contributed by atoms with Gasteiger partial charge in [0.25, 0.3) is 0 Å². The number of halogens is 2. The Labute approximate surface area is 154 Å². The molecule has 0 bridgehead atoms. The van der Waals surface area contributed by atoms with Gasteiger partial charge in [0.2, 0.25) is 0 Å². The fourth-order valence-electron chi connectivity index (χ4n) is 3.09. The van der Waals surface area contributed by atoms with Crippen LogP contribution in [-0.4, -0.2) is 42.8 Å². The van der Waals surface area contributed by atoms with E-state index in [0.717, 1.165) is 68.7 Å². The Morgan fingerprint density at radius 2 is 1.75 bits per heavy atom. The molecule has 0 unspecified atom stereocenters. The summed E-state index contributed by atoms with van der Waals surface area (Å²) in [7, 11) is 0. The smallest absolute Gasteiger partial charge is 0.161 e. The molecule has 7 heteroatoms. The Hall–Kier alpha value is -1.40. The van der Waals surface area contributed by atoms with Crippen molar-refractivity contribution in [3.05, 3.63) is 41.6 Å². The van der Waals surface area contributed by atoms with Gasteiger partial charge in [-0.1, -0.05) is 30.3 Å². The number of fused-ring (bicyclic) bond motifs is 1. The summed E-state index contributed by atoms with van der Waals surface area (Å²) < 4.78 is 5.48. The van der Waals surface area contributed by atoms with Gasteiger partial charge in [-0.25, -0.2) is 9.97 Å². The summed E-state index contributed by atoms with van der Waals surface area (Å²) in [5.41, 5.74) is 3.52. The third-order valence-corrected chi connectivity index (χ3v) is 4.26. The second kappa shape index (κ2) is 8.62. The zero-order chi connectivity index (χ0) is 14.8. The third kappa shape index (κ3) is 3.81. The molecule has 0 radical (unpaired) electrons. The van der Waals surface area contributed by atoms with Crippen molar-refractivity contribution in [2.45, 2.75) is 13.0 Å². The molecular weight excluding hydrogens is 347 g/mol. The van der Waals surface area contributed by atoms with E-state index in [1.165, 1.54) is 5.56 Å². The molecule has 0 saturated carbocycles. The molecule has 2 aliphatic rings. The molecule has 0 atom stereocenters. The zero-order valence-electron chi connectivity index (χ0n) is 13.4. The summed E-state index contributed by atoms with van der Waals surface area (Å²) in [5, 5.41) is 3.42. The Morgan fingerprint density at radius 1 is 1.00 bits per heavy atom. The monoisotopic (exact) mass is 368 g/mol. The predicted molar refractivity (Wildman–Crippen MR) is 100 cm³/mol. The van der Waals surface area contributed by atoms with Gasteiger partial charge in [-0.15, -0.1) is 24.8 Å². The molecule has 0 amide bonds. The van der Waals surface area contributed by atoms with Crippen LogP contribution in [0.4, 0.5) is 5.82 Å². The minimum absolute atomic E-state index is 0. The quantitative estimate of drug-likeness (QED) is 0.882. The van der Waals surface area contributed by atoms with E-state index in [9.17, 15) is 0 Å². The van der Waals surface area contributed by atoms with Gasteiger partial charge in [0, 0.05) is 30.8 Å². The SMILES string of the molecule is Cl.Cl.c1ccc(-c2nc3c(c(N4CCOCC4)n2)CCNC3)cc1. The van der Waals surface area contributed by atoms with E-state index in [2.05, 4.69) is 22.3 Å². The first-order chi connectivity index (χ1) is 10.9. The highest BCUT2D eigenvalue weighted by Crippen LogP contribution is 2.27. The number of ether oxygens (including phenoxy) is 1. The second-order valence-corrected chi connectivity index (χ2v) is 5.69. The number of nitrogens with zero attached hydrogens (tertiary/aromatic N) is 3. The van der Waals surface area contributed by atoms with Crippen LogP contribution in [0.3, 0.4) is 0 Å². The van der Waals surface area contributed by atoms with Crippen LogP contribution in [0, 0.1) is 0 Å². The van der Waals surface area contributed by atoms with E-state index in [1.807, 2.05) is 18.2 Å². The Morgan fingerprint density at radius 3 is 2.50 bits per heavy atom. The van der Waals surface area contributed by atoms with Gasteiger partial charge in [-0.3, -0.25) is 0 Å². The van der Waals surface area contributed by atoms with Gasteiger partial charge in [-0.2, -0.15) is 0 Å². The predicted octanol–water partition coefficient (Wildman–Crippen LogP) is 2.47. The lowest BCUT2D eigenvalue weighted by molar-refractivity contribution is 0.122. The maximum absolute atomic E-state index is 5.48. The number of rotatable bonds is 2. The van der Waals surface area contributed by atoms with Gasteiger partial charge >= 0.3 is 0 Å². The lowest BCUT2D eigenvalue weighted by atomic mass is 10.1. The summed E-state index contributed by atoms with van der Waals surface area (Å²) in [6.07, 6.45) is 0.997. The van der Waals surface area contributed by atoms with Crippen molar-refractivity contribution in [1.29, 1.82) is 0 Å². The molecule has 1 aromatic carbocycles. The summed E-state index contributed by atoms with van der Waals surface area (Å²) >= 11 is 0. The average Bonchev–Trinajstić information content (AvgIpc) is 2.62. The molecule has 5 nitrogen and oxygen atoms in total.